The van der Waals surface area contributed by atoms with E-state index in [1.54, 1.807) is 0 Å². The lowest BCUT2D eigenvalue weighted by Crippen LogP contribution is -2.15. The summed E-state index contributed by atoms with van der Waals surface area (Å²) < 4.78 is 0. The summed E-state index contributed by atoms with van der Waals surface area (Å²) in [6, 6.07) is 9.08. The fourth-order valence-corrected chi connectivity index (χ4v) is 4.29. The van der Waals surface area contributed by atoms with Crippen LogP contribution in [0.5, 0.6) is 0 Å². The molecule has 1 aliphatic carbocycles. The van der Waals surface area contributed by atoms with E-state index in [1.807, 2.05) is 0 Å². The predicted octanol–water partition coefficient (Wildman–Crippen LogP) is 4.86. The Morgan fingerprint density at radius 3 is 3.00 bits per heavy atom. The molecule has 1 N–H and O–H groups in total. The summed E-state index contributed by atoms with van der Waals surface area (Å²) in [4.78, 5) is 1.45. The molecular weight excluding hydrogens is 250 g/mol. The van der Waals surface area contributed by atoms with Crippen LogP contribution in [0.15, 0.2) is 29.2 Å². The van der Waals surface area contributed by atoms with Crippen LogP contribution >= 0.6 is 11.8 Å². The van der Waals surface area contributed by atoms with Gasteiger partial charge in [0.1, 0.15) is 0 Å². The van der Waals surface area contributed by atoms with Crippen LogP contribution in [0.3, 0.4) is 0 Å². The van der Waals surface area contributed by atoms with Gasteiger partial charge in [-0.05, 0) is 49.4 Å². The van der Waals surface area contributed by atoms with Crippen molar-refractivity contribution in [3.63, 3.8) is 0 Å². The number of benzene rings is 1. The fraction of sp³-hybridized carbons (Fsp3) is 0.647. The maximum absolute atomic E-state index is 3.48. The van der Waals surface area contributed by atoms with Gasteiger partial charge in [0.2, 0.25) is 0 Å². The predicted molar refractivity (Wildman–Crippen MR) is 85.7 cm³/mol. The van der Waals surface area contributed by atoms with E-state index in [1.165, 1.54) is 42.6 Å². The zero-order valence-electron chi connectivity index (χ0n) is 12.3. The highest BCUT2D eigenvalue weighted by Crippen LogP contribution is 2.36. The first-order valence-corrected chi connectivity index (χ1v) is 8.62. The van der Waals surface area contributed by atoms with Crippen LogP contribution in [-0.4, -0.2) is 11.8 Å². The Kier molecular flexibility index (Phi) is 6.25. The average Bonchev–Trinajstić information content (AvgIpc) is 2.39. The van der Waals surface area contributed by atoms with Gasteiger partial charge in [-0.3, -0.25) is 0 Å². The van der Waals surface area contributed by atoms with Gasteiger partial charge >= 0.3 is 0 Å². The second-order valence-electron chi connectivity index (χ2n) is 5.84. The molecule has 0 radical (unpaired) electrons. The molecule has 2 heteroatoms. The van der Waals surface area contributed by atoms with Crippen LogP contribution in [0.1, 0.15) is 51.5 Å². The van der Waals surface area contributed by atoms with Crippen LogP contribution in [-0.2, 0) is 6.54 Å². The third kappa shape index (κ3) is 5.19. The molecule has 0 amide bonds. The Morgan fingerprint density at radius 1 is 1.32 bits per heavy atom. The molecule has 106 valence electrons. The first kappa shape index (κ1) is 14.9. The lowest BCUT2D eigenvalue weighted by Gasteiger charge is -2.26. The molecule has 2 unspecified atom stereocenters. The lowest BCUT2D eigenvalue weighted by atomic mass is 9.91. The van der Waals surface area contributed by atoms with E-state index in [2.05, 4.69) is 55.2 Å². The monoisotopic (exact) mass is 277 g/mol. The van der Waals surface area contributed by atoms with Crippen molar-refractivity contribution in [2.75, 3.05) is 6.54 Å². The van der Waals surface area contributed by atoms with Gasteiger partial charge in [-0.2, -0.15) is 0 Å². The summed E-state index contributed by atoms with van der Waals surface area (Å²) in [7, 11) is 0. The summed E-state index contributed by atoms with van der Waals surface area (Å²) in [5.41, 5.74) is 1.42. The Hall–Kier alpha value is -0.470. The van der Waals surface area contributed by atoms with E-state index in [0.29, 0.717) is 0 Å². The first-order chi connectivity index (χ1) is 9.28. The summed E-state index contributed by atoms with van der Waals surface area (Å²) in [5.74, 6) is 0.917. The van der Waals surface area contributed by atoms with Crippen molar-refractivity contribution >= 4 is 11.8 Å². The normalized spacial score (nSPS) is 23.5. The second kappa shape index (κ2) is 7.96. The molecule has 0 saturated heterocycles. The largest absolute Gasteiger partial charge is 0.313 e. The summed E-state index contributed by atoms with van der Waals surface area (Å²) in [6.07, 6.45) is 6.83. The number of nitrogens with one attached hydrogen (secondary N) is 1. The highest BCUT2D eigenvalue weighted by molar-refractivity contribution is 8.00. The Balaban J connectivity index is 1.87. The van der Waals surface area contributed by atoms with Gasteiger partial charge in [-0.1, -0.05) is 38.8 Å². The minimum atomic E-state index is 0.836. The molecule has 1 nitrogen and oxygen atoms in total. The quantitative estimate of drug-likeness (QED) is 0.745. The zero-order chi connectivity index (χ0) is 13.5. The van der Waals surface area contributed by atoms with E-state index < -0.39 is 0 Å². The molecule has 0 aliphatic heterocycles. The van der Waals surface area contributed by atoms with E-state index >= 15 is 0 Å². The average molecular weight is 277 g/mol. The molecule has 1 aromatic carbocycles. The Labute approximate surface area is 122 Å². The highest BCUT2D eigenvalue weighted by Gasteiger charge is 2.19. The molecule has 0 bridgehead atoms. The van der Waals surface area contributed by atoms with Crippen molar-refractivity contribution in [3.05, 3.63) is 29.8 Å². The number of hydrogen-bond acceptors (Lipinski definition) is 2. The molecule has 2 rings (SSSR count). The van der Waals surface area contributed by atoms with Gasteiger partial charge in [-0.15, -0.1) is 11.8 Å². The lowest BCUT2D eigenvalue weighted by molar-refractivity contribution is 0.394. The van der Waals surface area contributed by atoms with Gasteiger partial charge < -0.3 is 5.32 Å². The molecule has 0 heterocycles. The van der Waals surface area contributed by atoms with E-state index in [9.17, 15) is 0 Å². The Morgan fingerprint density at radius 2 is 2.21 bits per heavy atom. The summed E-state index contributed by atoms with van der Waals surface area (Å²) in [5, 5.41) is 4.32. The van der Waals surface area contributed by atoms with Gasteiger partial charge in [0.15, 0.2) is 0 Å². The SMILES string of the molecule is CCCNCc1cccc(SC2CCCC(C)C2)c1. The van der Waals surface area contributed by atoms with Crippen LogP contribution in [0.25, 0.3) is 0 Å². The van der Waals surface area contributed by atoms with Gasteiger partial charge in [0.25, 0.3) is 0 Å². The molecule has 19 heavy (non-hydrogen) atoms. The highest BCUT2D eigenvalue weighted by atomic mass is 32.2. The smallest absolute Gasteiger partial charge is 0.0205 e. The van der Waals surface area contributed by atoms with Crippen LogP contribution in [0.2, 0.25) is 0 Å². The second-order valence-corrected chi connectivity index (χ2v) is 7.21. The number of hydrogen-bond donors (Lipinski definition) is 1. The van der Waals surface area contributed by atoms with E-state index in [-0.39, 0.29) is 0 Å². The Bertz CT molecular complexity index is 377. The van der Waals surface area contributed by atoms with Crippen LogP contribution in [0.4, 0.5) is 0 Å². The first-order valence-electron chi connectivity index (χ1n) is 7.74. The standard InChI is InChI=1S/C17H27NS/c1-3-10-18-13-15-7-5-9-17(12-15)19-16-8-4-6-14(2)11-16/h5,7,9,12,14,16,18H,3-4,6,8,10-11,13H2,1-2H3. The van der Waals surface area contributed by atoms with Crippen LogP contribution < -0.4 is 5.32 Å². The molecule has 1 aliphatic rings. The maximum atomic E-state index is 3.48. The number of rotatable bonds is 6. The molecule has 1 fully saturated rings. The minimum Gasteiger partial charge on any atom is -0.313 e. The van der Waals surface area contributed by atoms with E-state index in [0.717, 1.165) is 24.3 Å². The molecular formula is C17H27NS. The third-order valence-electron chi connectivity index (χ3n) is 3.85. The summed E-state index contributed by atoms with van der Waals surface area (Å²) in [6.45, 7) is 6.72. The molecule has 0 aromatic heterocycles. The van der Waals surface area contributed by atoms with Gasteiger partial charge in [-0.25, -0.2) is 0 Å². The van der Waals surface area contributed by atoms with Crippen molar-refractivity contribution in [2.24, 2.45) is 5.92 Å². The van der Waals surface area contributed by atoms with Crippen LogP contribution in [0, 0.1) is 5.92 Å². The third-order valence-corrected chi connectivity index (χ3v) is 5.13. The zero-order valence-corrected chi connectivity index (χ0v) is 13.1. The molecule has 1 saturated carbocycles. The van der Waals surface area contributed by atoms with Crippen molar-refractivity contribution < 1.29 is 0 Å². The minimum absolute atomic E-state index is 0.836. The maximum Gasteiger partial charge on any atom is 0.0205 e. The topological polar surface area (TPSA) is 12.0 Å². The summed E-state index contributed by atoms with van der Waals surface area (Å²) >= 11 is 2.09. The van der Waals surface area contributed by atoms with Gasteiger partial charge in [0, 0.05) is 16.7 Å². The van der Waals surface area contributed by atoms with Crippen molar-refractivity contribution in [1.82, 2.24) is 5.32 Å². The molecule has 0 spiro atoms. The van der Waals surface area contributed by atoms with Crippen molar-refractivity contribution in [3.8, 4) is 0 Å². The van der Waals surface area contributed by atoms with E-state index in [4.69, 9.17) is 0 Å². The van der Waals surface area contributed by atoms with Gasteiger partial charge in [0.05, 0.1) is 0 Å². The van der Waals surface area contributed by atoms with Crippen molar-refractivity contribution in [2.45, 2.75) is 62.6 Å². The molecule has 2 atom stereocenters. The fourth-order valence-electron chi connectivity index (χ4n) is 2.82. The number of thioether (sulfide) groups is 1. The molecule has 1 aromatic rings. The van der Waals surface area contributed by atoms with Crippen molar-refractivity contribution in [1.29, 1.82) is 0 Å².